The number of carbonyl (C=O) groups is 5. The maximum atomic E-state index is 13.6. The minimum atomic E-state index is -4.23. The average Bonchev–Trinajstić information content (AvgIpc) is 3.49. The lowest BCUT2D eigenvalue weighted by Crippen LogP contribution is -2.60. The van der Waals surface area contributed by atoms with Gasteiger partial charge in [0, 0.05) is 52.4 Å². The number of phenols is 1. The molecule has 9 N–H and O–H groups in total. The molecule has 0 saturated carbocycles. The molecule has 23 heteroatoms. The Morgan fingerprint density at radius 1 is 0.780 bits per heavy atom. The predicted molar refractivity (Wildman–Crippen MR) is 174 cm³/mol. The SMILES string of the molecule is NS(=O)(=O)c1nnc(NC(=O)[C@H](Cc2ccc(O)cc2)NC(C(=O)O)N2CCN(CC(=O)O)CCN(CC(=O)O)CCN(CC(=O)O)CC2)s1. The van der Waals surface area contributed by atoms with Gasteiger partial charge in [-0.2, -0.15) is 0 Å². The van der Waals surface area contributed by atoms with Gasteiger partial charge in [0.05, 0.1) is 25.7 Å². The summed E-state index contributed by atoms with van der Waals surface area (Å²) in [5.41, 5.74) is 0.502. The number of phenolic OH excluding ortho intramolecular Hbond substituents is 1. The van der Waals surface area contributed by atoms with Gasteiger partial charge in [-0.1, -0.05) is 23.5 Å². The van der Waals surface area contributed by atoms with Gasteiger partial charge >= 0.3 is 23.9 Å². The lowest BCUT2D eigenvalue weighted by Gasteiger charge is -2.36. The molecular formula is C27H39N9O12S2. The second-order valence-electron chi connectivity index (χ2n) is 11.3. The number of primary sulfonamides is 1. The van der Waals surface area contributed by atoms with E-state index in [2.05, 4.69) is 20.8 Å². The molecular weight excluding hydrogens is 706 g/mol. The minimum Gasteiger partial charge on any atom is -0.508 e. The van der Waals surface area contributed by atoms with E-state index in [1.807, 2.05) is 0 Å². The third-order valence-electron chi connectivity index (χ3n) is 7.48. The zero-order chi connectivity index (χ0) is 37.0. The Kier molecular flexibility index (Phi) is 14.9. The number of hydrogen-bond donors (Lipinski definition) is 8. The van der Waals surface area contributed by atoms with Gasteiger partial charge in [0.1, 0.15) is 5.75 Å². The maximum absolute atomic E-state index is 13.6. The van der Waals surface area contributed by atoms with Crippen molar-refractivity contribution in [2.24, 2.45) is 5.14 Å². The first kappa shape index (κ1) is 40.1. The van der Waals surface area contributed by atoms with Crippen molar-refractivity contribution in [3.63, 3.8) is 0 Å². The molecule has 1 aliphatic rings. The van der Waals surface area contributed by atoms with Crippen molar-refractivity contribution in [3.8, 4) is 5.75 Å². The summed E-state index contributed by atoms with van der Waals surface area (Å²) in [5.74, 6) is -5.75. The summed E-state index contributed by atoms with van der Waals surface area (Å²) >= 11 is 0.476. The third-order valence-corrected chi connectivity index (χ3v) is 9.63. The van der Waals surface area contributed by atoms with Gasteiger partial charge in [-0.15, -0.1) is 10.2 Å². The first-order valence-corrected chi connectivity index (χ1v) is 17.4. The van der Waals surface area contributed by atoms with Gasteiger partial charge in [0.25, 0.3) is 10.0 Å². The van der Waals surface area contributed by atoms with E-state index < -0.39 is 69.4 Å². The summed E-state index contributed by atoms with van der Waals surface area (Å²) in [4.78, 5) is 67.2. The van der Waals surface area contributed by atoms with E-state index in [4.69, 9.17) is 5.14 Å². The highest BCUT2D eigenvalue weighted by atomic mass is 32.2. The van der Waals surface area contributed by atoms with E-state index in [9.17, 15) is 57.9 Å². The Morgan fingerprint density at radius 3 is 1.64 bits per heavy atom. The highest BCUT2D eigenvalue weighted by Crippen LogP contribution is 2.20. The lowest BCUT2D eigenvalue weighted by atomic mass is 10.0. The van der Waals surface area contributed by atoms with Crippen LogP contribution < -0.4 is 15.8 Å². The van der Waals surface area contributed by atoms with Crippen molar-refractivity contribution >= 4 is 56.3 Å². The predicted octanol–water partition coefficient (Wildman–Crippen LogP) is -3.08. The molecule has 1 amide bonds. The molecule has 1 unspecified atom stereocenters. The summed E-state index contributed by atoms with van der Waals surface area (Å²) in [6.07, 6.45) is -1.72. The Labute approximate surface area is 289 Å². The maximum Gasteiger partial charge on any atom is 0.335 e. The number of aromatic nitrogens is 2. The largest absolute Gasteiger partial charge is 0.508 e. The topological polar surface area (TPSA) is 309 Å². The van der Waals surface area contributed by atoms with Crippen LogP contribution >= 0.6 is 11.3 Å². The number of nitrogens with zero attached hydrogens (tertiary/aromatic N) is 6. The van der Waals surface area contributed by atoms with E-state index in [-0.39, 0.29) is 76.2 Å². The van der Waals surface area contributed by atoms with Crippen LogP contribution in [0.25, 0.3) is 0 Å². The number of carboxylic acid groups (broad SMARTS) is 4. The Hall–Kier alpha value is -4.36. The van der Waals surface area contributed by atoms with E-state index in [1.165, 1.54) is 39.0 Å². The summed E-state index contributed by atoms with van der Waals surface area (Å²) in [7, 11) is -4.23. The first-order chi connectivity index (χ1) is 23.5. The molecule has 2 atom stereocenters. The number of sulfonamides is 1. The molecule has 50 heavy (non-hydrogen) atoms. The Balaban J connectivity index is 1.94. The number of aliphatic carboxylic acids is 4. The number of amides is 1. The average molecular weight is 746 g/mol. The van der Waals surface area contributed by atoms with Crippen LogP contribution in [0.3, 0.4) is 0 Å². The highest BCUT2D eigenvalue weighted by molar-refractivity contribution is 7.91. The van der Waals surface area contributed by atoms with Crippen LogP contribution in [-0.2, 0) is 40.4 Å². The monoisotopic (exact) mass is 745 g/mol. The smallest absolute Gasteiger partial charge is 0.335 e. The summed E-state index contributed by atoms with van der Waals surface area (Å²) in [5, 5.41) is 65.7. The zero-order valence-corrected chi connectivity index (χ0v) is 28.3. The molecule has 1 fully saturated rings. The molecule has 2 aromatic rings. The summed E-state index contributed by atoms with van der Waals surface area (Å²) < 4.78 is 22.8. The van der Waals surface area contributed by atoms with Crippen LogP contribution in [0.1, 0.15) is 5.56 Å². The number of anilines is 1. The van der Waals surface area contributed by atoms with Crippen molar-refractivity contribution in [2.45, 2.75) is 23.0 Å². The van der Waals surface area contributed by atoms with Crippen LogP contribution in [-0.4, -0.2) is 178 Å². The van der Waals surface area contributed by atoms with Crippen molar-refractivity contribution in [2.75, 3.05) is 77.3 Å². The van der Waals surface area contributed by atoms with E-state index in [1.54, 1.807) is 4.90 Å². The number of hydrogen-bond acceptors (Lipinski definition) is 16. The quantitative estimate of drug-likeness (QED) is 0.0838. The number of carbonyl (C=O) groups excluding carboxylic acids is 1. The van der Waals surface area contributed by atoms with Gasteiger partial charge < -0.3 is 25.5 Å². The van der Waals surface area contributed by atoms with Crippen LogP contribution in [0, 0.1) is 0 Å². The van der Waals surface area contributed by atoms with E-state index >= 15 is 0 Å². The number of aromatic hydroxyl groups is 1. The lowest BCUT2D eigenvalue weighted by molar-refractivity contribution is -0.146. The van der Waals surface area contributed by atoms with Crippen molar-refractivity contribution in [3.05, 3.63) is 29.8 Å². The molecule has 1 aromatic heterocycles. The van der Waals surface area contributed by atoms with Crippen molar-refractivity contribution in [1.82, 2.24) is 35.1 Å². The number of benzene rings is 1. The number of nitrogens with two attached hydrogens (primary N) is 1. The fourth-order valence-electron chi connectivity index (χ4n) is 5.05. The number of carboxylic acids is 4. The molecule has 0 bridgehead atoms. The normalized spacial score (nSPS) is 17.5. The first-order valence-electron chi connectivity index (χ1n) is 15.0. The van der Waals surface area contributed by atoms with Gasteiger partial charge in [0.2, 0.25) is 15.4 Å². The summed E-state index contributed by atoms with van der Waals surface area (Å²) in [6, 6.07) is 4.43. The number of nitrogens with one attached hydrogen (secondary N) is 2. The van der Waals surface area contributed by atoms with E-state index in [0.717, 1.165) is 0 Å². The second kappa shape index (κ2) is 18.6. The second-order valence-corrected chi connectivity index (χ2v) is 14.0. The van der Waals surface area contributed by atoms with Gasteiger partial charge in [-0.25, -0.2) is 18.4 Å². The summed E-state index contributed by atoms with van der Waals surface area (Å²) in [6.45, 7) is -0.873. The Bertz CT molecular complexity index is 1580. The third kappa shape index (κ3) is 13.5. The standard InChI is InChI=1S/C27H39N9O12S2/c28-50(47,48)27-32-31-26(49-27)30-24(44)19(13-17-1-3-18(37)4-2-17)29-23(25(45)46)36-11-9-34(15-21(40)41)7-5-33(14-20(38)39)6-8-35(10-12-36)16-22(42)43/h1-4,19,23,29,37H,5-16H2,(H,38,39)(H,40,41)(H,42,43)(H,45,46)(H2,28,47,48)(H,30,31,44)/t19-,23?/m0/s1. The molecule has 2 heterocycles. The molecule has 1 aromatic carbocycles. The molecule has 276 valence electrons. The van der Waals surface area contributed by atoms with Gasteiger partial charge in [-0.3, -0.25) is 49.4 Å². The molecule has 3 rings (SSSR count). The van der Waals surface area contributed by atoms with Crippen molar-refractivity contribution < 1.29 is 57.9 Å². The zero-order valence-electron chi connectivity index (χ0n) is 26.6. The fraction of sp³-hybridized carbons (Fsp3) is 0.519. The Morgan fingerprint density at radius 2 is 1.24 bits per heavy atom. The molecule has 0 aliphatic carbocycles. The van der Waals surface area contributed by atoms with Gasteiger partial charge in [0.15, 0.2) is 6.17 Å². The molecule has 1 saturated heterocycles. The fourth-order valence-corrected chi connectivity index (χ4v) is 6.38. The molecule has 1 aliphatic heterocycles. The van der Waals surface area contributed by atoms with Crippen LogP contribution in [0.4, 0.5) is 5.13 Å². The van der Waals surface area contributed by atoms with Gasteiger partial charge in [-0.05, 0) is 24.1 Å². The minimum absolute atomic E-state index is 0.00749. The van der Waals surface area contributed by atoms with E-state index in [0.29, 0.717) is 16.9 Å². The molecule has 21 nitrogen and oxygen atoms in total. The van der Waals surface area contributed by atoms with Crippen molar-refractivity contribution in [1.29, 1.82) is 0 Å². The van der Waals surface area contributed by atoms with Crippen LogP contribution in [0.15, 0.2) is 28.6 Å². The molecule has 0 spiro atoms. The van der Waals surface area contributed by atoms with Crippen LogP contribution in [0.2, 0.25) is 0 Å². The van der Waals surface area contributed by atoms with Crippen LogP contribution in [0.5, 0.6) is 5.75 Å². The highest BCUT2D eigenvalue weighted by Gasteiger charge is 2.33. The number of rotatable bonds is 15. The molecule has 0 radical (unpaired) electrons.